The molecular weight excluding hydrogens is 260 g/mol. The van der Waals surface area contributed by atoms with E-state index in [0.717, 1.165) is 19.5 Å². The Morgan fingerprint density at radius 1 is 1.35 bits per heavy atom. The van der Waals surface area contributed by atoms with Crippen LogP contribution in [0.3, 0.4) is 0 Å². The second-order valence-electron chi connectivity index (χ2n) is 6.01. The fourth-order valence-corrected chi connectivity index (χ4v) is 4.07. The van der Waals surface area contributed by atoms with Crippen molar-refractivity contribution in [1.82, 2.24) is 10.0 Å². The van der Waals surface area contributed by atoms with E-state index in [0.29, 0.717) is 5.92 Å². The summed E-state index contributed by atoms with van der Waals surface area (Å²) in [6, 6.07) is 0.0913. The van der Waals surface area contributed by atoms with E-state index in [4.69, 9.17) is 0 Å². The van der Waals surface area contributed by atoms with Crippen LogP contribution in [0.5, 0.6) is 0 Å². The molecule has 0 aromatic rings. The van der Waals surface area contributed by atoms with Crippen molar-refractivity contribution >= 4 is 22.4 Å². The summed E-state index contributed by atoms with van der Waals surface area (Å²) in [6.07, 6.45) is 0.880. The van der Waals surface area contributed by atoms with Crippen LogP contribution in [0.25, 0.3) is 0 Å². The molecule has 1 fully saturated rings. The highest BCUT2D eigenvalue weighted by Crippen LogP contribution is 2.17. The molecule has 1 aliphatic heterocycles. The van der Waals surface area contributed by atoms with Crippen LogP contribution in [-0.2, 0) is 10.0 Å². The molecule has 17 heavy (non-hydrogen) atoms. The van der Waals surface area contributed by atoms with Gasteiger partial charge in [-0.25, -0.2) is 13.1 Å². The molecule has 2 unspecified atom stereocenters. The fraction of sp³-hybridized carbons (Fsp3) is 1.00. The minimum atomic E-state index is -3.15. The smallest absolute Gasteiger partial charge is 0.212 e. The molecule has 0 aliphatic carbocycles. The number of rotatable bonds is 3. The molecule has 1 aliphatic rings. The Bertz CT molecular complexity index is 325. The molecule has 0 aromatic carbocycles. The Hall–Kier alpha value is 0.160. The van der Waals surface area contributed by atoms with Gasteiger partial charge in [-0.05, 0) is 30.8 Å². The van der Waals surface area contributed by atoms with E-state index in [-0.39, 0.29) is 29.6 Å². The predicted molar refractivity (Wildman–Crippen MR) is 74.1 cm³/mol. The van der Waals surface area contributed by atoms with Crippen LogP contribution in [0.15, 0.2) is 0 Å². The second kappa shape index (κ2) is 6.36. The summed E-state index contributed by atoms with van der Waals surface area (Å²) in [4.78, 5) is 0. The molecule has 0 amide bonds. The lowest BCUT2D eigenvalue weighted by molar-refractivity contribution is 0.326. The normalized spacial score (nSPS) is 26.4. The summed E-state index contributed by atoms with van der Waals surface area (Å²) >= 11 is 0. The predicted octanol–water partition coefficient (Wildman–Crippen LogP) is 1.37. The van der Waals surface area contributed by atoms with E-state index in [9.17, 15) is 8.42 Å². The van der Waals surface area contributed by atoms with E-state index in [1.54, 1.807) is 0 Å². The first-order chi connectivity index (χ1) is 7.20. The Labute approximate surface area is 111 Å². The lowest BCUT2D eigenvalue weighted by Crippen LogP contribution is -2.49. The monoisotopic (exact) mass is 284 g/mol. The van der Waals surface area contributed by atoms with Crippen LogP contribution in [0.4, 0.5) is 0 Å². The van der Waals surface area contributed by atoms with Gasteiger partial charge in [0.05, 0.1) is 5.75 Å². The zero-order valence-electron chi connectivity index (χ0n) is 11.1. The first kappa shape index (κ1) is 17.2. The maximum absolute atomic E-state index is 11.9. The van der Waals surface area contributed by atoms with Gasteiger partial charge in [-0.1, -0.05) is 27.7 Å². The molecule has 2 atom stereocenters. The quantitative estimate of drug-likeness (QED) is 0.823. The molecule has 1 heterocycles. The molecule has 0 bridgehead atoms. The lowest BCUT2D eigenvalue weighted by Gasteiger charge is -2.31. The van der Waals surface area contributed by atoms with Gasteiger partial charge >= 0.3 is 0 Å². The van der Waals surface area contributed by atoms with E-state index in [1.807, 2.05) is 20.8 Å². The standard InChI is InChI=1S/C11H24N2O2S.ClH/c1-9-7-12-6-5-10(9)13-16(14,15)8-11(2,3)4;/h9-10,12-13H,5-8H2,1-4H3;1H. The van der Waals surface area contributed by atoms with Gasteiger partial charge in [-0.3, -0.25) is 0 Å². The number of hydrogen-bond donors (Lipinski definition) is 2. The minimum Gasteiger partial charge on any atom is -0.316 e. The third kappa shape index (κ3) is 6.60. The van der Waals surface area contributed by atoms with Crippen LogP contribution in [0, 0.1) is 11.3 Å². The zero-order valence-corrected chi connectivity index (χ0v) is 12.7. The van der Waals surface area contributed by atoms with Crippen LogP contribution >= 0.6 is 12.4 Å². The van der Waals surface area contributed by atoms with E-state index in [1.165, 1.54) is 0 Å². The van der Waals surface area contributed by atoms with Gasteiger partial charge in [0.1, 0.15) is 0 Å². The van der Waals surface area contributed by atoms with Crippen molar-refractivity contribution in [2.75, 3.05) is 18.8 Å². The molecule has 104 valence electrons. The van der Waals surface area contributed by atoms with Gasteiger partial charge in [-0.15, -0.1) is 12.4 Å². The highest BCUT2D eigenvalue weighted by atomic mass is 35.5. The van der Waals surface area contributed by atoms with Crippen molar-refractivity contribution in [3.05, 3.63) is 0 Å². The number of nitrogens with one attached hydrogen (secondary N) is 2. The molecule has 0 radical (unpaired) electrons. The van der Waals surface area contributed by atoms with Crippen molar-refractivity contribution < 1.29 is 8.42 Å². The summed E-state index contributed by atoms with van der Waals surface area (Å²) < 4.78 is 26.7. The van der Waals surface area contributed by atoms with E-state index in [2.05, 4.69) is 17.0 Å². The van der Waals surface area contributed by atoms with Crippen LogP contribution < -0.4 is 10.0 Å². The third-order valence-corrected chi connectivity index (χ3v) is 4.65. The average molecular weight is 285 g/mol. The van der Waals surface area contributed by atoms with Gasteiger partial charge in [0.25, 0.3) is 0 Å². The molecule has 1 rings (SSSR count). The summed E-state index contributed by atoms with van der Waals surface area (Å²) in [5.41, 5.74) is -0.192. The molecule has 0 spiro atoms. The maximum atomic E-state index is 11.9. The van der Waals surface area contributed by atoms with Gasteiger partial charge in [0.2, 0.25) is 10.0 Å². The van der Waals surface area contributed by atoms with Gasteiger partial charge in [-0.2, -0.15) is 0 Å². The Morgan fingerprint density at radius 3 is 2.41 bits per heavy atom. The van der Waals surface area contributed by atoms with Crippen LogP contribution in [-0.4, -0.2) is 33.3 Å². The van der Waals surface area contributed by atoms with Gasteiger partial charge < -0.3 is 5.32 Å². The Morgan fingerprint density at radius 2 is 1.94 bits per heavy atom. The SMILES string of the molecule is CC1CNCCC1NS(=O)(=O)CC(C)(C)C.Cl. The molecule has 0 aromatic heterocycles. The van der Waals surface area contributed by atoms with Crippen molar-refractivity contribution in [2.24, 2.45) is 11.3 Å². The van der Waals surface area contributed by atoms with Gasteiger partial charge in [0.15, 0.2) is 0 Å². The van der Waals surface area contributed by atoms with Crippen molar-refractivity contribution in [3.63, 3.8) is 0 Å². The fourth-order valence-electron chi connectivity index (χ4n) is 2.03. The summed E-state index contributed by atoms with van der Waals surface area (Å²) in [5, 5.41) is 3.26. The number of hydrogen-bond acceptors (Lipinski definition) is 3. The molecule has 2 N–H and O–H groups in total. The first-order valence-electron chi connectivity index (χ1n) is 5.90. The largest absolute Gasteiger partial charge is 0.316 e. The Kier molecular flexibility index (Phi) is 6.42. The zero-order chi connectivity index (χ0) is 12.4. The highest BCUT2D eigenvalue weighted by Gasteiger charge is 2.28. The molecule has 0 saturated carbocycles. The number of piperidine rings is 1. The van der Waals surface area contributed by atoms with E-state index >= 15 is 0 Å². The number of halogens is 1. The molecule has 1 saturated heterocycles. The van der Waals surface area contributed by atoms with E-state index < -0.39 is 10.0 Å². The molecule has 6 heteroatoms. The maximum Gasteiger partial charge on any atom is 0.212 e. The van der Waals surface area contributed by atoms with Crippen LogP contribution in [0.1, 0.15) is 34.1 Å². The van der Waals surface area contributed by atoms with Crippen LogP contribution in [0.2, 0.25) is 0 Å². The van der Waals surface area contributed by atoms with Crippen molar-refractivity contribution in [3.8, 4) is 0 Å². The van der Waals surface area contributed by atoms with Gasteiger partial charge in [0, 0.05) is 6.04 Å². The third-order valence-electron chi connectivity index (χ3n) is 2.74. The minimum absolute atomic E-state index is 0. The molecule has 4 nitrogen and oxygen atoms in total. The molecular formula is C11H25ClN2O2S. The van der Waals surface area contributed by atoms with Crippen molar-refractivity contribution in [2.45, 2.75) is 40.2 Å². The summed E-state index contributed by atoms with van der Waals surface area (Å²) in [7, 11) is -3.15. The van der Waals surface area contributed by atoms with Crippen molar-refractivity contribution in [1.29, 1.82) is 0 Å². The Balaban J connectivity index is 0.00000256. The topological polar surface area (TPSA) is 58.2 Å². The second-order valence-corrected chi connectivity index (χ2v) is 7.77. The summed E-state index contributed by atoms with van der Waals surface area (Å²) in [6.45, 7) is 9.69. The lowest BCUT2D eigenvalue weighted by atomic mass is 9.97. The first-order valence-corrected chi connectivity index (χ1v) is 7.55. The summed E-state index contributed by atoms with van der Waals surface area (Å²) in [5.74, 6) is 0.555. The number of sulfonamides is 1. The highest BCUT2D eigenvalue weighted by molar-refractivity contribution is 7.89. The average Bonchev–Trinajstić information content (AvgIpc) is 2.04.